The normalized spacial score (nSPS) is 17.5. The third-order valence-corrected chi connectivity index (χ3v) is 6.90. The lowest BCUT2D eigenvalue weighted by molar-refractivity contribution is 0.601. The predicted molar refractivity (Wildman–Crippen MR) is 114 cm³/mol. The highest BCUT2D eigenvalue weighted by molar-refractivity contribution is 7.92. The number of aromatic amines is 1. The number of anilines is 1. The maximum absolute atomic E-state index is 12.8. The standard InChI is InChI=1S/C22H27N3O2S/c1-15(2)16-5-8-20(9-6-16)28(26,27)25-19-7-10-22-21(13-19)17(14-24-22)12-18-4-3-11-23-18/h5-10,13-15,18,23-25H,3-4,11-12H2,1-2H3/t18-/m1/s1. The van der Waals surface area contributed by atoms with Crippen LogP contribution < -0.4 is 10.0 Å². The Morgan fingerprint density at radius 2 is 1.93 bits per heavy atom. The summed E-state index contributed by atoms with van der Waals surface area (Å²) in [7, 11) is -3.62. The highest BCUT2D eigenvalue weighted by atomic mass is 32.2. The van der Waals surface area contributed by atoms with Gasteiger partial charge in [0, 0.05) is 28.8 Å². The van der Waals surface area contributed by atoms with Gasteiger partial charge in [0.1, 0.15) is 0 Å². The van der Waals surface area contributed by atoms with Crippen LogP contribution in [-0.2, 0) is 16.4 Å². The number of H-pyrrole nitrogens is 1. The lowest BCUT2D eigenvalue weighted by Crippen LogP contribution is -2.23. The summed E-state index contributed by atoms with van der Waals surface area (Å²) < 4.78 is 28.3. The number of benzene rings is 2. The lowest BCUT2D eigenvalue weighted by Gasteiger charge is -2.11. The van der Waals surface area contributed by atoms with E-state index in [1.807, 2.05) is 30.5 Å². The molecule has 0 saturated carbocycles. The molecule has 0 aliphatic carbocycles. The van der Waals surface area contributed by atoms with Crippen molar-refractivity contribution in [2.45, 2.75) is 50.0 Å². The van der Waals surface area contributed by atoms with E-state index in [9.17, 15) is 8.42 Å². The molecule has 1 fully saturated rings. The molecule has 1 aliphatic rings. The Morgan fingerprint density at radius 1 is 1.14 bits per heavy atom. The average Bonchev–Trinajstić information content (AvgIpc) is 3.32. The minimum absolute atomic E-state index is 0.279. The average molecular weight is 398 g/mol. The molecule has 148 valence electrons. The summed E-state index contributed by atoms with van der Waals surface area (Å²) in [5, 5.41) is 4.59. The van der Waals surface area contributed by atoms with Gasteiger partial charge in [0.2, 0.25) is 0 Å². The number of aromatic nitrogens is 1. The van der Waals surface area contributed by atoms with E-state index in [4.69, 9.17) is 0 Å². The molecule has 0 unspecified atom stereocenters. The van der Waals surface area contributed by atoms with Crippen molar-refractivity contribution >= 4 is 26.6 Å². The fourth-order valence-corrected chi connectivity index (χ4v) is 4.90. The van der Waals surface area contributed by atoms with Gasteiger partial charge in [-0.3, -0.25) is 4.72 Å². The van der Waals surface area contributed by atoms with Gasteiger partial charge in [0.05, 0.1) is 4.90 Å². The van der Waals surface area contributed by atoms with Gasteiger partial charge < -0.3 is 10.3 Å². The summed E-state index contributed by atoms with van der Waals surface area (Å²) in [4.78, 5) is 3.57. The van der Waals surface area contributed by atoms with Crippen LogP contribution in [-0.4, -0.2) is 26.0 Å². The second-order valence-electron chi connectivity index (χ2n) is 7.90. The van der Waals surface area contributed by atoms with E-state index in [-0.39, 0.29) is 4.90 Å². The van der Waals surface area contributed by atoms with Crippen LogP contribution in [0.4, 0.5) is 5.69 Å². The van der Waals surface area contributed by atoms with Crippen LogP contribution in [0.2, 0.25) is 0 Å². The molecule has 4 rings (SSSR count). The van der Waals surface area contributed by atoms with Crippen LogP contribution in [0.3, 0.4) is 0 Å². The molecular weight excluding hydrogens is 370 g/mol. The van der Waals surface area contributed by atoms with Gasteiger partial charge in [0.25, 0.3) is 10.0 Å². The van der Waals surface area contributed by atoms with Crippen molar-refractivity contribution in [1.82, 2.24) is 10.3 Å². The monoisotopic (exact) mass is 397 g/mol. The van der Waals surface area contributed by atoms with Gasteiger partial charge in [-0.1, -0.05) is 26.0 Å². The van der Waals surface area contributed by atoms with Crippen molar-refractivity contribution in [3.05, 3.63) is 59.8 Å². The smallest absolute Gasteiger partial charge is 0.261 e. The zero-order valence-corrected chi connectivity index (χ0v) is 17.1. The molecule has 1 aromatic heterocycles. The van der Waals surface area contributed by atoms with E-state index in [2.05, 4.69) is 28.9 Å². The van der Waals surface area contributed by atoms with Crippen LogP contribution in [0.1, 0.15) is 43.7 Å². The van der Waals surface area contributed by atoms with E-state index in [0.717, 1.165) is 29.4 Å². The Bertz CT molecular complexity index is 1060. The summed E-state index contributed by atoms with van der Waals surface area (Å²) in [5.41, 5.74) is 3.95. The van der Waals surface area contributed by atoms with Gasteiger partial charge in [0.15, 0.2) is 0 Å². The third kappa shape index (κ3) is 3.93. The molecule has 1 aliphatic heterocycles. The second kappa shape index (κ2) is 7.60. The molecule has 2 aromatic carbocycles. The Hall–Kier alpha value is -2.31. The number of hydrogen-bond donors (Lipinski definition) is 3. The maximum atomic E-state index is 12.8. The largest absolute Gasteiger partial charge is 0.361 e. The van der Waals surface area contributed by atoms with Crippen LogP contribution in [0.25, 0.3) is 10.9 Å². The van der Waals surface area contributed by atoms with Crippen molar-refractivity contribution in [3.8, 4) is 0 Å². The summed E-state index contributed by atoms with van der Waals surface area (Å²) in [6, 6.07) is 13.3. The summed E-state index contributed by atoms with van der Waals surface area (Å²) in [6.45, 7) is 5.26. The molecule has 0 radical (unpaired) electrons. The summed E-state index contributed by atoms with van der Waals surface area (Å²) >= 11 is 0. The van der Waals surface area contributed by atoms with E-state index in [1.54, 1.807) is 18.2 Å². The van der Waals surface area contributed by atoms with Gasteiger partial charge in [-0.25, -0.2) is 8.42 Å². The van der Waals surface area contributed by atoms with E-state index in [1.165, 1.54) is 18.4 Å². The molecule has 0 amide bonds. The van der Waals surface area contributed by atoms with E-state index < -0.39 is 10.0 Å². The fourth-order valence-electron chi connectivity index (χ4n) is 3.85. The highest BCUT2D eigenvalue weighted by Gasteiger charge is 2.18. The van der Waals surface area contributed by atoms with E-state index >= 15 is 0 Å². The molecule has 3 aromatic rings. The van der Waals surface area contributed by atoms with Gasteiger partial charge >= 0.3 is 0 Å². The Kier molecular flexibility index (Phi) is 5.17. The number of fused-ring (bicyclic) bond motifs is 1. The summed E-state index contributed by atoms with van der Waals surface area (Å²) in [5.74, 6) is 0.369. The van der Waals surface area contributed by atoms with Crippen molar-refractivity contribution in [2.24, 2.45) is 0 Å². The topological polar surface area (TPSA) is 74.0 Å². The molecule has 6 heteroatoms. The SMILES string of the molecule is CC(C)c1ccc(S(=O)(=O)Nc2ccc3[nH]cc(C[C@H]4CCCN4)c3c2)cc1. The van der Waals surface area contributed by atoms with Crippen LogP contribution in [0.15, 0.2) is 53.6 Å². The minimum Gasteiger partial charge on any atom is -0.361 e. The number of nitrogens with one attached hydrogen (secondary N) is 3. The summed E-state index contributed by atoms with van der Waals surface area (Å²) in [6.07, 6.45) is 5.39. The molecule has 1 saturated heterocycles. The second-order valence-corrected chi connectivity index (χ2v) is 9.58. The first-order valence-electron chi connectivity index (χ1n) is 9.88. The highest BCUT2D eigenvalue weighted by Crippen LogP contribution is 2.26. The Morgan fingerprint density at radius 3 is 2.61 bits per heavy atom. The van der Waals surface area contributed by atoms with Crippen molar-refractivity contribution < 1.29 is 8.42 Å². The van der Waals surface area contributed by atoms with Crippen molar-refractivity contribution in [3.63, 3.8) is 0 Å². The van der Waals surface area contributed by atoms with Gasteiger partial charge in [-0.15, -0.1) is 0 Å². The third-order valence-electron chi connectivity index (χ3n) is 5.51. The first-order valence-corrected chi connectivity index (χ1v) is 11.4. The minimum atomic E-state index is -3.62. The maximum Gasteiger partial charge on any atom is 0.261 e. The number of hydrogen-bond acceptors (Lipinski definition) is 3. The van der Waals surface area contributed by atoms with Crippen molar-refractivity contribution in [1.29, 1.82) is 0 Å². The lowest BCUT2D eigenvalue weighted by atomic mass is 10.0. The van der Waals surface area contributed by atoms with E-state index in [0.29, 0.717) is 17.6 Å². The quantitative estimate of drug-likeness (QED) is 0.578. The molecule has 0 spiro atoms. The van der Waals surface area contributed by atoms with Crippen LogP contribution in [0, 0.1) is 0 Å². The Labute approximate surface area is 166 Å². The predicted octanol–water partition coefficient (Wildman–Crippen LogP) is 4.39. The Balaban J connectivity index is 1.58. The molecule has 3 N–H and O–H groups in total. The molecule has 0 bridgehead atoms. The van der Waals surface area contributed by atoms with Crippen LogP contribution in [0.5, 0.6) is 0 Å². The number of rotatable bonds is 6. The van der Waals surface area contributed by atoms with Crippen LogP contribution >= 0.6 is 0 Å². The fraction of sp³-hybridized carbons (Fsp3) is 0.364. The first-order chi connectivity index (χ1) is 13.4. The van der Waals surface area contributed by atoms with Gasteiger partial charge in [-0.05, 0) is 73.2 Å². The van der Waals surface area contributed by atoms with Gasteiger partial charge in [-0.2, -0.15) is 0 Å². The molecular formula is C22H27N3O2S. The first kappa shape index (κ1) is 19.0. The molecule has 1 atom stereocenters. The zero-order valence-electron chi connectivity index (χ0n) is 16.3. The molecule has 28 heavy (non-hydrogen) atoms. The molecule has 5 nitrogen and oxygen atoms in total. The molecule has 2 heterocycles. The zero-order chi connectivity index (χ0) is 19.7. The van der Waals surface area contributed by atoms with Crippen molar-refractivity contribution in [2.75, 3.05) is 11.3 Å². The number of sulfonamides is 1.